The van der Waals surface area contributed by atoms with Gasteiger partial charge in [0.25, 0.3) is 5.91 Å². The first kappa shape index (κ1) is 14.5. The topological polar surface area (TPSA) is 36.1 Å². The summed E-state index contributed by atoms with van der Waals surface area (Å²) in [6, 6.07) is 19.8. The fraction of sp³-hybridized carbons (Fsp3) is 0.0952. The van der Waals surface area contributed by atoms with Crippen molar-refractivity contribution < 1.29 is 4.79 Å². The highest BCUT2D eigenvalue weighted by Crippen LogP contribution is 2.42. The number of fused-ring (bicyclic) bond motifs is 1. The van der Waals surface area contributed by atoms with Crippen LogP contribution in [0.4, 0.5) is 11.4 Å². The number of nitrogens with zero attached hydrogens (tertiary/aromatic N) is 1. The molecule has 1 aliphatic rings. The van der Waals surface area contributed by atoms with Crippen LogP contribution in [-0.4, -0.2) is 10.9 Å². The molecule has 1 amide bonds. The average Bonchev–Trinajstić information content (AvgIpc) is 3.05. The van der Waals surface area contributed by atoms with Crippen molar-refractivity contribution in [1.29, 1.82) is 0 Å². The van der Waals surface area contributed by atoms with E-state index in [0.717, 1.165) is 39.5 Å². The van der Waals surface area contributed by atoms with Gasteiger partial charge in [-0.3, -0.25) is 9.69 Å². The average molecular weight is 314 g/mol. The zero-order valence-electron chi connectivity index (χ0n) is 13.7. The lowest BCUT2D eigenvalue weighted by Crippen LogP contribution is -2.20. The monoisotopic (exact) mass is 314 g/mol. The minimum absolute atomic E-state index is 0.0145. The van der Waals surface area contributed by atoms with Gasteiger partial charge >= 0.3 is 0 Å². The smallest absolute Gasteiger partial charge is 0.263 e. The number of hydrogen-bond donors (Lipinski definition) is 1. The molecule has 0 fully saturated rings. The highest BCUT2D eigenvalue weighted by Gasteiger charge is 2.33. The molecule has 118 valence electrons. The first-order valence-electron chi connectivity index (χ1n) is 8.02. The number of hydrogen-bond acceptors (Lipinski definition) is 1. The molecule has 0 atom stereocenters. The van der Waals surface area contributed by atoms with Crippen LogP contribution < -0.4 is 4.90 Å². The van der Waals surface area contributed by atoms with Crippen LogP contribution >= 0.6 is 0 Å². The maximum atomic E-state index is 13.1. The molecule has 2 aromatic carbocycles. The standard InChI is InChI=1S/C21H18N2O/c1-14-12-16(15(2)22-14)13-19-18-10-6-7-11-20(18)23(21(19)24)17-8-4-3-5-9-17/h3-13,22H,1-2H3/b19-13+. The summed E-state index contributed by atoms with van der Waals surface area (Å²) in [7, 11) is 0. The van der Waals surface area contributed by atoms with E-state index in [1.165, 1.54) is 0 Å². The number of aryl methyl sites for hydroxylation is 2. The number of rotatable bonds is 2. The number of para-hydroxylation sites is 2. The van der Waals surface area contributed by atoms with E-state index in [-0.39, 0.29) is 5.91 Å². The Hall–Kier alpha value is -3.07. The maximum Gasteiger partial charge on any atom is 0.263 e. The molecule has 1 aliphatic heterocycles. The second-order valence-corrected chi connectivity index (χ2v) is 6.08. The summed E-state index contributed by atoms with van der Waals surface area (Å²) in [6.45, 7) is 4.05. The Kier molecular flexibility index (Phi) is 3.35. The number of nitrogens with one attached hydrogen (secondary N) is 1. The van der Waals surface area contributed by atoms with Gasteiger partial charge < -0.3 is 4.98 Å². The quantitative estimate of drug-likeness (QED) is 0.674. The van der Waals surface area contributed by atoms with E-state index < -0.39 is 0 Å². The normalized spacial score (nSPS) is 15.2. The Morgan fingerprint density at radius 2 is 1.67 bits per heavy atom. The summed E-state index contributed by atoms with van der Waals surface area (Å²) in [4.78, 5) is 18.2. The van der Waals surface area contributed by atoms with E-state index in [1.807, 2.05) is 74.5 Å². The van der Waals surface area contributed by atoms with E-state index in [0.29, 0.717) is 0 Å². The molecule has 2 heterocycles. The highest BCUT2D eigenvalue weighted by atomic mass is 16.2. The molecule has 0 unspecified atom stereocenters. The fourth-order valence-electron chi connectivity index (χ4n) is 3.27. The van der Waals surface area contributed by atoms with Crippen molar-refractivity contribution in [3.8, 4) is 0 Å². The molecule has 4 rings (SSSR count). The molecule has 3 heteroatoms. The predicted octanol–water partition coefficient (Wildman–Crippen LogP) is 4.85. The molecule has 3 nitrogen and oxygen atoms in total. The number of anilines is 2. The summed E-state index contributed by atoms with van der Waals surface area (Å²) in [5.41, 5.74) is 6.76. The summed E-state index contributed by atoms with van der Waals surface area (Å²) < 4.78 is 0. The molecule has 0 spiro atoms. The first-order valence-corrected chi connectivity index (χ1v) is 8.02. The van der Waals surface area contributed by atoms with Gasteiger partial charge in [-0.2, -0.15) is 0 Å². The molecular weight excluding hydrogens is 296 g/mol. The van der Waals surface area contributed by atoms with Gasteiger partial charge in [-0.1, -0.05) is 36.4 Å². The predicted molar refractivity (Wildman–Crippen MR) is 98.2 cm³/mol. The number of amides is 1. The molecule has 0 aliphatic carbocycles. The van der Waals surface area contributed by atoms with E-state index in [1.54, 1.807) is 4.90 Å². The highest BCUT2D eigenvalue weighted by molar-refractivity contribution is 6.38. The maximum absolute atomic E-state index is 13.1. The molecule has 1 N–H and O–H groups in total. The van der Waals surface area contributed by atoms with Crippen LogP contribution in [0.2, 0.25) is 0 Å². The van der Waals surface area contributed by atoms with Crippen molar-refractivity contribution in [2.24, 2.45) is 0 Å². The Bertz CT molecular complexity index is 951. The summed E-state index contributed by atoms with van der Waals surface area (Å²) in [6.07, 6.45) is 1.99. The van der Waals surface area contributed by atoms with Crippen molar-refractivity contribution in [2.75, 3.05) is 4.90 Å². The lowest BCUT2D eigenvalue weighted by atomic mass is 10.0. The van der Waals surface area contributed by atoms with E-state index in [4.69, 9.17) is 0 Å². The lowest BCUT2D eigenvalue weighted by molar-refractivity contribution is -0.112. The third kappa shape index (κ3) is 2.26. The van der Waals surface area contributed by atoms with Crippen LogP contribution in [0.5, 0.6) is 0 Å². The molecule has 1 aromatic heterocycles. The van der Waals surface area contributed by atoms with Gasteiger partial charge in [-0.25, -0.2) is 0 Å². The van der Waals surface area contributed by atoms with Crippen molar-refractivity contribution >= 4 is 28.9 Å². The molecule has 0 saturated carbocycles. The van der Waals surface area contributed by atoms with E-state index in [9.17, 15) is 4.79 Å². The van der Waals surface area contributed by atoms with Gasteiger partial charge in [0.05, 0.1) is 11.3 Å². The first-order chi connectivity index (χ1) is 11.6. The molecule has 0 radical (unpaired) electrons. The van der Waals surface area contributed by atoms with Crippen LogP contribution in [0.1, 0.15) is 22.5 Å². The molecule has 3 aromatic rings. The second kappa shape index (κ2) is 5.53. The Morgan fingerprint density at radius 3 is 2.38 bits per heavy atom. The summed E-state index contributed by atoms with van der Waals surface area (Å²) in [5.74, 6) is 0.0145. The largest absolute Gasteiger partial charge is 0.362 e. The Labute approximate surface area is 141 Å². The number of benzene rings is 2. The van der Waals surface area contributed by atoms with Gasteiger partial charge in [0, 0.05) is 22.6 Å². The van der Waals surface area contributed by atoms with E-state index in [2.05, 4.69) is 11.1 Å². The van der Waals surface area contributed by atoms with Crippen molar-refractivity contribution in [1.82, 2.24) is 4.98 Å². The molecule has 24 heavy (non-hydrogen) atoms. The molecular formula is C21H18N2O. The third-order valence-electron chi connectivity index (χ3n) is 4.37. The number of aromatic nitrogens is 1. The van der Waals surface area contributed by atoms with Crippen LogP contribution in [0, 0.1) is 13.8 Å². The van der Waals surface area contributed by atoms with Gasteiger partial charge in [-0.05, 0) is 49.8 Å². The van der Waals surface area contributed by atoms with Crippen LogP contribution in [0.15, 0.2) is 60.7 Å². The van der Waals surface area contributed by atoms with Crippen molar-refractivity contribution in [2.45, 2.75) is 13.8 Å². The van der Waals surface area contributed by atoms with Gasteiger partial charge in [0.2, 0.25) is 0 Å². The van der Waals surface area contributed by atoms with Gasteiger partial charge in [0.15, 0.2) is 0 Å². The molecule has 0 saturated heterocycles. The van der Waals surface area contributed by atoms with Crippen LogP contribution in [0.25, 0.3) is 11.6 Å². The zero-order chi connectivity index (χ0) is 16.7. The number of H-pyrrole nitrogens is 1. The minimum Gasteiger partial charge on any atom is -0.362 e. The lowest BCUT2D eigenvalue weighted by Gasteiger charge is -2.16. The molecule has 0 bridgehead atoms. The summed E-state index contributed by atoms with van der Waals surface area (Å²) in [5, 5.41) is 0. The Balaban J connectivity index is 1.88. The van der Waals surface area contributed by atoms with Crippen molar-refractivity contribution in [3.63, 3.8) is 0 Å². The van der Waals surface area contributed by atoms with Crippen molar-refractivity contribution in [3.05, 3.63) is 83.2 Å². The van der Waals surface area contributed by atoms with Gasteiger partial charge in [0.1, 0.15) is 0 Å². The second-order valence-electron chi connectivity index (χ2n) is 6.08. The minimum atomic E-state index is 0.0145. The van der Waals surface area contributed by atoms with Crippen LogP contribution in [-0.2, 0) is 4.79 Å². The Morgan fingerprint density at radius 1 is 0.958 bits per heavy atom. The number of aromatic amines is 1. The SMILES string of the molecule is Cc1cc(/C=C2/C(=O)N(c3ccccc3)c3ccccc32)c(C)[nH]1. The summed E-state index contributed by atoms with van der Waals surface area (Å²) >= 11 is 0. The number of carbonyl (C=O) groups is 1. The number of carbonyl (C=O) groups excluding carboxylic acids is 1. The van der Waals surface area contributed by atoms with E-state index >= 15 is 0 Å². The zero-order valence-corrected chi connectivity index (χ0v) is 13.7. The van der Waals surface area contributed by atoms with Crippen LogP contribution in [0.3, 0.4) is 0 Å². The third-order valence-corrected chi connectivity index (χ3v) is 4.37. The van der Waals surface area contributed by atoms with Gasteiger partial charge in [-0.15, -0.1) is 0 Å². The fourth-order valence-corrected chi connectivity index (χ4v) is 3.27.